The van der Waals surface area contributed by atoms with Crippen LogP contribution in [0.25, 0.3) is 0 Å². The maximum absolute atomic E-state index is 10.4. The molecule has 0 bridgehead atoms. The van der Waals surface area contributed by atoms with Crippen molar-refractivity contribution >= 4 is 5.97 Å². The molecule has 0 radical (unpaired) electrons. The zero-order valence-corrected chi connectivity index (χ0v) is 13.4. The molecule has 1 aromatic carbocycles. The third-order valence-corrected chi connectivity index (χ3v) is 3.18. The van der Waals surface area contributed by atoms with E-state index >= 15 is 0 Å². The van der Waals surface area contributed by atoms with Gasteiger partial charge in [0.15, 0.2) is 17.8 Å². The van der Waals surface area contributed by atoms with E-state index in [9.17, 15) is 9.90 Å². The molecule has 2 N–H and O–H groups in total. The molecule has 9 heteroatoms. The van der Waals surface area contributed by atoms with Crippen molar-refractivity contribution in [2.24, 2.45) is 0 Å². The SMILES string of the molecule is COc1cc(OCC2COC(COCC(=O)O)O2)cc(OC)c1O. The summed E-state index contributed by atoms with van der Waals surface area (Å²) in [6.45, 7) is 0.126. The number of phenols is 1. The third kappa shape index (κ3) is 4.88. The van der Waals surface area contributed by atoms with Gasteiger partial charge in [0.2, 0.25) is 5.75 Å². The summed E-state index contributed by atoms with van der Waals surface area (Å²) in [5, 5.41) is 18.3. The van der Waals surface area contributed by atoms with Gasteiger partial charge in [0.25, 0.3) is 0 Å². The van der Waals surface area contributed by atoms with Gasteiger partial charge < -0.3 is 38.6 Å². The number of aromatic hydroxyl groups is 1. The summed E-state index contributed by atoms with van der Waals surface area (Å²) in [4.78, 5) is 10.4. The fraction of sp³-hybridized carbons (Fsp3) is 0.533. The predicted octanol–water partition coefficient (Wildman–Crippen LogP) is 0.631. The first-order chi connectivity index (χ1) is 11.5. The van der Waals surface area contributed by atoms with Crippen LogP contribution in [0.1, 0.15) is 0 Å². The highest BCUT2D eigenvalue weighted by Gasteiger charge is 2.27. The minimum atomic E-state index is -1.05. The van der Waals surface area contributed by atoms with Crippen LogP contribution in [0.15, 0.2) is 12.1 Å². The van der Waals surface area contributed by atoms with E-state index in [1.807, 2.05) is 0 Å². The van der Waals surface area contributed by atoms with Crippen LogP contribution in [0.5, 0.6) is 23.0 Å². The fourth-order valence-electron chi connectivity index (χ4n) is 2.07. The van der Waals surface area contributed by atoms with Crippen molar-refractivity contribution in [3.63, 3.8) is 0 Å². The molecule has 0 spiro atoms. The van der Waals surface area contributed by atoms with Gasteiger partial charge in [-0.2, -0.15) is 0 Å². The highest BCUT2D eigenvalue weighted by molar-refractivity contribution is 5.67. The van der Waals surface area contributed by atoms with Gasteiger partial charge in [-0.05, 0) is 0 Å². The lowest BCUT2D eigenvalue weighted by Crippen LogP contribution is -2.23. The van der Waals surface area contributed by atoms with Gasteiger partial charge in [0.05, 0.1) is 27.4 Å². The van der Waals surface area contributed by atoms with E-state index in [1.165, 1.54) is 26.4 Å². The molecule has 1 aliphatic rings. The number of methoxy groups -OCH3 is 2. The Morgan fingerprint density at radius 1 is 1.25 bits per heavy atom. The molecule has 9 nitrogen and oxygen atoms in total. The monoisotopic (exact) mass is 344 g/mol. The number of hydrogen-bond acceptors (Lipinski definition) is 8. The maximum Gasteiger partial charge on any atom is 0.329 e. The minimum Gasteiger partial charge on any atom is -0.502 e. The van der Waals surface area contributed by atoms with E-state index in [4.69, 9.17) is 33.5 Å². The van der Waals surface area contributed by atoms with Crippen molar-refractivity contribution in [2.75, 3.05) is 40.6 Å². The average molecular weight is 344 g/mol. The molecule has 0 amide bonds. The smallest absolute Gasteiger partial charge is 0.329 e. The molecule has 24 heavy (non-hydrogen) atoms. The zero-order chi connectivity index (χ0) is 17.5. The summed E-state index contributed by atoms with van der Waals surface area (Å²) in [6, 6.07) is 3.06. The molecule has 2 rings (SSSR count). The number of benzene rings is 1. The fourth-order valence-corrected chi connectivity index (χ4v) is 2.07. The number of ether oxygens (including phenoxy) is 6. The summed E-state index contributed by atoms with van der Waals surface area (Å²) in [5.74, 6) is -0.261. The van der Waals surface area contributed by atoms with Crippen molar-refractivity contribution < 1.29 is 43.4 Å². The van der Waals surface area contributed by atoms with Gasteiger partial charge in [0, 0.05) is 12.1 Å². The maximum atomic E-state index is 10.4. The number of carboxylic acids is 1. The van der Waals surface area contributed by atoms with Crippen molar-refractivity contribution in [3.05, 3.63) is 12.1 Å². The van der Waals surface area contributed by atoms with Crippen molar-refractivity contribution in [3.8, 4) is 23.0 Å². The molecule has 134 valence electrons. The quantitative estimate of drug-likeness (QED) is 0.666. The Labute approximate surface area is 138 Å². The second-order valence-electron chi connectivity index (χ2n) is 4.92. The molecule has 1 heterocycles. The zero-order valence-electron chi connectivity index (χ0n) is 13.4. The van der Waals surface area contributed by atoms with Crippen LogP contribution in [-0.4, -0.2) is 69.2 Å². The molecule has 0 aliphatic carbocycles. The van der Waals surface area contributed by atoms with E-state index in [1.54, 1.807) is 0 Å². The van der Waals surface area contributed by atoms with Crippen LogP contribution in [0.2, 0.25) is 0 Å². The van der Waals surface area contributed by atoms with E-state index < -0.39 is 18.9 Å². The van der Waals surface area contributed by atoms with Crippen LogP contribution < -0.4 is 14.2 Å². The molecule has 2 atom stereocenters. The number of carbonyl (C=O) groups is 1. The lowest BCUT2D eigenvalue weighted by molar-refractivity contribution is -0.149. The van der Waals surface area contributed by atoms with Gasteiger partial charge in [0.1, 0.15) is 25.1 Å². The number of rotatable bonds is 9. The molecular weight excluding hydrogens is 324 g/mol. The Morgan fingerprint density at radius 3 is 2.50 bits per heavy atom. The second-order valence-corrected chi connectivity index (χ2v) is 4.92. The topological polar surface area (TPSA) is 113 Å². The summed E-state index contributed by atoms with van der Waals surface area (Å²) in [5.41, 5.74) is 0. The summed E-state index contributed by atoms with van der Waals surface area (Å²) >= 11 is 0. The molecule has 1 aliphatic heterocycles. The standard InChI is InChI=1S/C15H20O9/c1-19-11-3-9(4-12(20-2)15(11)18)22-5-10-6-23-14(24-10)8-21-7-13(16)17/h3-4,10,14,18H,5-8H2,1-2H3,(H,16,17). The Hall–Kier alpha value is -2.23. The Bertz CT molecular complexity index is 535. The largest absolute Gasteiger partial charge is 0.502 e. The molecule has 1 aromatic rings. The van der Waals surface area contributed by atoms with Crippen molar-refractivity contribution in [1.82, 2.24) is 0 Å². The molecule has 2 unspecified atom stereocenters. The first kappa shape index (κ1) is 18.1. The van der Waals surface area contributed by atoms with Crippen LogP contribution in [0.4, 0.5) is 0 Å². The van der Waals surface area contributed by atoms with Crippen LogP contribution in [0, 0.1) is 0 Å². The van der Waals surface area contributed by atoms with E-state index in [-0.39, 0.29) is 36.6 Å². The normalized spacial score (nSPS) is 19.9. The lowest BCUT2D eigenvalue weighted by atomic mass is 10.2. The van der Waals surface area contributed by atoms with Crippen molar-refractivity contribution in [1.29, 1.82) is 0 Å². The molecular formula is C15H20O9. The Morgan fingerprint density at radius 2 is 1.92 bits per heavy atom. The Kier molecular flexibility index (Phi) is 6.47. The average Bonchev–Trinajstić information content (AvgIpc) is 3.01. The molecule has 1 fully saturated rings. The van der Waals surface area contributed by atoms with Gasteiger partial charge in [-0.25, -0.2) is 4.79 Å². The Balaban J connectivity index is 1.83. The van der Waals surface area contributed by atoms with Gasteiger partial charge in [-0.3, -0.25) is 0 Å². The van der Waals surface area contributed by atoms with Gasteiger partial charge in [-0.15, -0.1) is 0 Å². The van der Waals surface area contributed by atoms with E-state index in [0.29, 0.717) is 12.4 Å². The summed E-state index contributed by atoms with van der Waals surface area (Å²) in [6.07, 6.45) is -0.948. The van der Waals surface area contributed by atoms with Crippen LogP contribution in [-0.2, 0) is 19.0 Å². The predicted molar refractivity (Wildman–Crippen MR) is 79.8 cm³/mol. The highest BCUT2D eigenvalue weighted by Crippen LogP contribution is 2.39. The van der Waals surface area contributed by atoms with Gasteiger partial charge >= 0.3 is 5.97 Å². The van der Waals surface area contributed by atoms with Crippen LogP contribution in [0.3, 0.4) is 0 Å². The van der Waals surface area contributed by atoms with Gasteiger partial charge in [-0.1, -0.05) is 0 Å². The highest BCUT2D eigenvalue weighted by atomic mass is 16.7. The summed E-state index contributed by atoms with van der Waals surface area (Å²) in [7, 11) is 2.85. The number of carboxylic acid groups (broad SMARTS) is 1. The molecule has 1 saturated heterocycles. The number of phenolic OH excluding ortho intramolecular Hbond substituents is 1. The van der Waals surface area contributed by atoms with Crippen molar-refractivity contribution in [2.45, 2.75) is 12.4 Å². The van der Waals surface area contributed by atoms with Crippen LogP contribution >= 0.6 is 0 Å². The molecule has 0 saturated carbocycles. The minimum absolute atomic E-state index is 0.0314. The molecule has 0 aromatic heterocycles. The van der Waals surface area contributed by atoms with E-state index in [0.717, 1.165) is 0 Å². The third-order valence-electron chi connectivity index (χ3n) is 3.18. The number of hydrogen-bond donors (Lipinski definition) is 2. The first-order valence-corrected chi connectivity index (χ1v) is 7.18. The number of aliphatic carboxylic acids is 1. The first-order valence-electron chi connectivity index (χ1n) is 7.18. The second kappa shape index (κ2) is 8.57. The lowest BCUT2D eigenvalue weighted by Gasteiger charge is -2.14. The van der Waals surface area contributed by atoms with E-state index in [2.05, 4.69) is 0 Å². The summed E-state index contributed by atoms with van der Waals surface area (Å²) < 4.78 is 31.5.